The van der Waals surface area contributed by atoms with E-state index in [1.807, 2.05) is 6.92 Å². The average molecular weight is 403 g/mol. The van der Waals surface area contributed by atoms with Crippen molar-refractivity contribution in [3.8, 4) is 0 Å². The van der Waals surface area contributed by atoms with Crippen LogP contribution in [-0.2, 0) is 21.4 Å². The Morgan fingerprint density at radius 1 is 1.18 bits per heavy atom. The van der Waals surface area contributed by atoms with E-state index in [-0.39, 0.29) is 29.0 Å². The Hall–Kier alpha value is -2.74. The van der Waals surface area contributed by atoms with Crippen molar-refractivity contribution >= 4 is 21.8 Å². The van der Waals surface area contributed by atoms with Crippen molar-refractivity contribution in [2.24, 2.45) is 4.99 Å². The average Bonchev–Trinajstić information content (AvgIpc) is 2.95. The number of fused-ring (bicyclic) bond motifs is 1. The molecule has 1 aliphatic rings. The molecule has 0 saturated carbocycles. The van der Waals surface area contributed by atoms with Gasteiger partial charge in [0.1, 0.15) is 17.7 Å². The van der Waals surface area contributed by atoms with Crippen LogP contribution in [0.4, 0.5) is 4.39 Å². The van der Waals surface area contributed by atoms with E-state index in [9.17, 15) is 17.6 Å². The van der Waals surface area contributed by atoms with Gasteiger partial charge in [0.2, 0.25) is 5.91 Å². The molecule has 28 heavy (non-hydrogen) atoms. The molecule has 0 saturated heterocycles. The number of benzene rings is 2. The zero-order valence-electron chi connectivity index (χ0n) is 15.5. The molecule has 0 fully saturated rings. The van der Waals surface area contributed by atoms with Gasteiger partial charge < -0.3 is 5.32 Å². The van der Waals surface area contributed by atoms with Gasteiger partial charge in [-0.05, 0) is 36.2 Å². The molecule has 148 valence electrons. The summed E-state index contributed by atoms with van der Waals surface area (Å²) in [6.07, 6.45) is 2.16. The van der Waals surface area contributed by atoms with E-state index in [2.05, 4.69) is 15.0 Å². The van der Waals surface area contributed by atoms with Crippen molar-refractivity contribution < 1.29 is 17.6 Å². The van der Waals surface area contributed by atoms with Gasteiger partial charge in [0.05, 0.1) is 4.90 Å². The number of halogens is 1. The highest BCUT2D eigenvalue weighted by atomic mass is 32.2. The Labute approximate surface area is 163 Å². The van der Waals surface area contributed by atoms with Crippen LogP contribution in [-0.4, -0.2) is 26.2 Å². The van der Waals surface area contributed by atoms with Crippen molar-refractivity contribution in [2.75, 3.05) is 0 Å². The van der Waals surface area contributed by atoms with Gasteiger partial charge in [-0.3, -0.25) is 14.5 Å². The normalized spacial score (nSPS) is 17.0. The third kappa shape index (κ3) is 4.56. The first-order valence-corrected chi connectivity index (χ1v) is 10.6. The molecule has 0 bridgehead atoms. The number of amides is 1. The summed E-state index contributed by atoms with van der Waals surface area (Å²) < 4.78 is 39.9. The van der Waals surface area contributed by atoms with Gasteiger partial charge in [-0.25, -0.2) is 12.8 Å². The van der Waals surface area contributed by atoms with Crippen molar-refractivity contribution in [3.05, 3.63) is 65.5 Å². The van der Waals surface area contributed by atoms with Crippen LogP contribution in [0.3, 0.4) is 0 Å². The predicted molar refractivity (Wildman–Crippen MR) is 105 cm³/mol. The first kappa shape index (κ1) is 20.0. The molecule has 0 aliphatic carbocycles. The maximum absolute atomic E-state index is 13.0. The summed E-state index contributed by atoms with van der Waals surface area (Å²) in [4.78, 5) is 17.3. The smallest absolute Gasteiger partial charge is 0.263 e. The van der Waals surface area contributed by atoms with Crippen LogP contribution in [0, 0.1) is 5.82 Å². The number of nitrogens with one attached hydrogen (secondary N) is 2. The topological polar surface area (TPSA) is 87.6 Å². The van der Waals surface area contributed by atoms with Gasteiger partial charge >= 0.3 is 0 Å². The van der Waals surface area contributed by atoms with E-state index in [4.69, 9.17) is 0 Å². The minimum atomic E-state index is -3.65. The van der Waals surface area contributed by atoms with E-state index in [0.717, 1.165) is 18.4 Å². The molecule has 1 amide bonds. The molecule has 0 radical (unpaired) electrons. The molecule has 1 unspecified atom stereocenters. The number of nitrogens with zero attached hydrogens (tertiary/aromatic N) is 1. The second-order valence-corrected chi connectivity index (χ2v) is 8.23. The summed E-state index contributed by atoms with van der Waals surface area (Å²) in [6.45, 7) is 2.25. The maximum Gasteiger partial charge on any atom is 0.263 e. The van der Waals surface area contributed by atoms with Crippen molar-refractivity contribution in [3.63, 3.8) is 0 Å². The highest BCUT2D eigenvalue weighted by Gasteiger charge is 2.31. The van der Waals surface area contributed by atoms with E-state index < -0.39 is 16.1 Å². The first-order chi connectivity index (χ1) is 13.4. The second kappa shape index (κ2) is 8.52. The Morgan fingerprint density at radius 2 is 1.89 bits per heavy atom. The molecular weight excluding hydrogens is 381 g/mol. The van der Waals surface area contributed by atoms with Gasteiger partial charge in [-0.1, -0.05) is 44.0 Å². The van der Waals surface area contributed by atoms with Crippen molar-refractivity contribution in [2.45, 2.75) is 43.7 Å². The van der Waals surface area contributed by atoms with Crippen molar-refractivity contribution in [1.82, 2.24) is 10.0 Å². The van der Waals surface area contributed by atoms with Crippen LogP contribution in [0.2, 0.25) is 0 Å². The number of aliphatic imine (C=N–C) groups is 1. The number of sulfonamides is 1. The standard InChI is InChI=1S/C20H22FN3O3S/c1-2-3-7-17(20(25)22-13-14-9-11-15(21)12-10-14)23-19-16-6-4-5-8-18(16)28(26,27)24-19/h4-6,8-12,17H,2-3,7,13H2,1H3,(H,22,25)(H,23,24). The number of carbonyl (C=O) groups is 1. The molecule has 1 heterocycles. The van der Waals surface area contributed by atoms with Crippen LogP contribution >= 0.6 is 0 Å². The Bertz CT molecular complexity index is 988. The molecule has 1 aliphatic heterocycles. The third-order valence-electron chi connectivity index (χ3n) is 4.46. The lowest BCUT2D eigenvalue weighted by atomic mass is 10.1. The molecular formula is C20H22FN3O3S. The molecule has 8 heteroatoms. The molecule has 2 aromatic carbocycles. The molecule has 0 aromatic heterocycles. The first-order valence-electron chi connectivity index (χ1n) is 9.13. The molecule has 3 rings (SSSR count). The Morgan fingerprint density at radius 3 is 2.61 bits per heavy atom. The highest BCUT2D eigenvalue weighted by molar-refractivity contribution is 7.90. The predicted octanol–water partition coefficient (Wildman–Crippen LogP) is 2.74. The minimum absolute atomic E-state index is 0.162. The lowest BCUT2D eigenvalue weighted by Crippen LogP contribution is -2.35. The van der Waals surface area contributed by atoms with E-state index in [1.165, 1.54) is 18.2 Å². The number of carbonyl (C=O) groups excluding carboxylic acids is 1. The summed E-state index contributed by atoms with van der Waals surface area (Å²) in [5.41, 5.74) is 1.24. The van der Waals surface area contributed by atoms with Crippen LogP contribution in [0.15, 0.2) is 58.4 Å². The Kier molecular flexibility index (Phi) is 6.08. The number of amidine groups is 1. The number of unbranched alkanes of at least 4 members (excludes halogenated alkanes) is 1. The zero-order chi connectivity index (χ0) is 20.1. The molecule has 0 spiro atoms. The third-order valence-corrected chi connectivity index (χ3v) is 5.86. The fourth-order valence-electron chi connectivity index (χ4n) is 2.95. The summed E-state index contributed by atoms with van der Waals surface area (Å²) >= 11 is 0. The van der Waals surface area contributed by atoms with Crippen LogP contribution < -0.4 is 10.0 Å². The number of hydrogen-bond acceptors (Lipinski definition) is 4. The lowest BCUT2D eigenvalue weighted by Gasteiger charge is -2.14. The zero-order valence-corrected chi connectivity index (χ0v) is 16.3. The van der Waals surface area contributed by atoms with Crippen LogP contribution in [0.1, 0.15) is 37.3 Å². The molecule has 2 aromatic rings. The second-order valence-electron chi connectivity index (χ2n) is 6.58. The van der Waals surface area contributed by atoms with Crippen LogP contribution in [0.5, 0.6) is 0 Å². The summed E-state index contributed by atoms with van der Waals surface area (Å²) in [5, 5.41) is 2.80. The van der Waals surface area contributed by atoms with E-state index in [0.29, 0.717) is 12.0 Å². The van der Waals surface area contributed by atoms with Crippen LogP contribution in [0.25, 0.3) is 0 Å². The lowest BCUT2D eigenvalue weighted by molar-refractivity contribution is -0.122. The maximum atomic E-state index is 13.0. The fourth-order valence-corrected chi connectivity index (χ4v) is 4.19. The summed E-state index contributed by atoms with van der Waals surface area (Å²) in [5.74, 6) is -0.447. The van der Waals surface area contributed by atoms with Gasteiger partial charge in [0.15, 0.2) is 0 Å². The van der Waals surface area contributed by atoms with Gasteiger partial charge in [0.25, 0.3) is 10.0 Å². The summed E-state index contributed by atoms with van der Waals surface area (Å²) in [7, 11) is -3.65. The van der Waals surface area contributed by atoms with E-state index in [1.54, 1.807) is 30.3 Å². The summed E-state index contributed by atoms with van der Waals surface area (Å²) in [6, 6.07) is 11.7. The van der Waals surface area contributed by atoms with Crippen molar-refractivity contribution in [1.29, 1.82) is 0 Å². The largest absolute Gasteiger partial charge is 0.350 e. The van der Waals surface area contributed by atoms with Gasteiger partial charge in [-0.15, -0.1) is 0 Å². The highest BCUT2D eigenvalue weighted by Crippen LogP contribution is 2.23. The molecule has 2 N–H and O–H groups in total. The number of hydrogen-bond donors (Lipinski definition) is 2. The molecule has 1 atom stereocenters. The number of rotatable bonds is 7. The fraction of sp³-hybridized carbons (Fsp3) is 0.300. The van der Waals surface area contributed by atoms with E-state index >= 15 is 0 Å². The van der Waals surface area contributed by atoms with Gasteiger partial charge in [0, 0.05) is 12.1 Å². The SMILES string of the molecule is CCCCC(N=C1NS(=O)(=O)c2ccccc21)C(=O)NCc1ccc(F)cc1. The molecule has 6 nitrogen and oxygen atoms in total. The van der Waals surface area contributed by atoms with Gasteiger partial charge in [-0.2, -0.15) is 0 Å². The monoisotopic (exact) mass is 403 g/mol. The Balaban J connectivity index is 1.79. The minimum Gasteiger partial charge on any atom is -0.350 e. The quantitative estimate of drug-likeness (QED) is 0.745.